The van der Waals surface area contributed by atoms with Gasteiger partial charge in [-0.15, -0.1) is 10.2 Å². The Balaban J connectivity index is 1.95. The van der Waals surface area contributed by atoms with Crippen LogP contribution in [-0.4, -0.2) is 26.9 Å². The standard InChI is InChI=1S/C16H21FN4OS2/c1-9-6-7-11(8-12(9)17)18-13(22)10(2)23-15-21-20-14(24-15)19-16(3,4)5/h6-8,10H,1-5H3,(H,18,22)(H,19,20). The molecule has 5 nitrogen and oxygen atoms in total. The van der Waals surface area contributed by atoms with Crippen LogP contribution in [0.3, 0.4) is 0 Å². The van der Waals surface area contributed by atoms with E-state index >= 15 is 0 Å². The molecule has 1 atom stereocenters. The van der Waals surface area contributed by atoms with Crippen LogP contribution in [0.15, 0.2) is 22.5 Å². The normalized spacial score (nSPS) is 12.8. The number of aryl methyl sites for hydroxylation is 1. The van der Waals surface area contributed by atoms with E-state index in [1.807, 2.05) is 20.8 Å². The van der Waals surface area contributed by atoms with Crippen molar-refractivity contribution in [1.82, 2.24) is 10.2 Å². The summed E-state index contributed by atoms with van der Waals surface area (Å²) in [5, 5.41) is 14.5. The fourth-order valence-electron chi connectivity index (χ4n) is 1.75. The minimum Gasteiger partial charge on any atom is -0.355 e. The van der Waals surface area contributed by atoms with E-state index in [9.17, 15) is 9.18 Å². The van der Waals surface area contributed by atoms with E-state index in [1.165, 1.54) is 29.2 Å². The zero-order chi connectivity index (χ0) is 17.9. The largest absolute Gasteiger partial charge is 0.355 e. The molecule has 0 saturated heterocycles. The van der Waals surface area contributed by atoms with Gasteiger partial charge in [0, 0.05) is 11.2 Å². The van der Waals surface area contributed by atoms with Crippen molar-refractivity contribution in [2.24, 2.45) is 0 Å². The number of thioether (sulfide) groups is 1. The maximum atomic E-state index is 13.5. The van der Waals surface area contributed by atoms with Crippen molar-refractivity contribution < 1.29 is 9.18 Å². The van der Waals surface area contributed by atoms with Gasteiger partial charge < -0.3 is 10.6 Å². The van der Waals surface area contributed by atoms with Gasteiger partial charge in [-0.1, -0.05) is 29.2 Å². The summed E-state index contributed by atoms with van der Waals surface area (Å²) in [4.78, 5) is 12.2. The number of anilines is 2. The highest BCUT2D eigenvalue weighted by Crippen LogP contribution is 2.30. The van der Waals surface area contributed by atoms with Gasteiger partial charge >= 0.3 is 0 Å². The van der Waals surface area contributed by atoms with Gasteiger partial charge in [0.1, 0.15) is 5.82 Å². The Kier molecular flexibility index (Phi) is 5.82. The first-order valence-electron chi connectivity index (χ1n) is 7.49. The molecule has 0 aliphatic carbocycles. The maximum Gasteiger partial charge on any atom is 0.237 e. The number of hydrogen-bond donors (Lipinski definition) is 2. The number of nitrogens with zero attached hydrogens (tertiary/aromatic N) is 2. The lowest BCUT2D eigenvalue weighted by atomic mass is 10.1. The van der Waals surface area contributed by atoms with Crippen LogP contribution in [0, 0.1) is 12.7 Å². The Morgan fingerprint density at radius 1 is 1.33 bits per heavy atom. The molecular weight excluding hydrogens is 347 g/mol. The van der Waals surface area contributed by atoms with Crippen molar-refractivity contribution >= 4 is 39.8 Å². The summed E-state index contributed by atoms with van der Waals surface area (Å²) in [7, 11) is 0. The molecule has 24 heavy (non-hydrogen) atoms. The fraction of sp³-hybridized carbons (Fsp3) is 0.438. The van der Waals surface area contributed by atoms with E-state index < -0.39 is 0 Å². The molecule has 0 fully saturated rings. The lowest BCUT2D eigenvalue weighted by Gasteiger charge is -2.18. The van der Waals surface area contributed by atoms with Gasteiger partial charge in [-0.3, -0.25) is 4.79 Å². The molecule has 8 heteroatoms. The number of aromatic nitrogens is 2. The average molecular weight is 369 g/mol. The fourth-order valence-corrected chi connectivity index (χ4v) is 3.85. The summed E-state index contributed by atoms with van der Waals surface area (Å²) in [5.41, 5.74) is 0.894. The number of carbonyl (C=O) groups is 1. The summed E-state index contributed by atoms with van der Waals surface area (Å²) in [6, 6.07) is 4.64. The highest BCUT2D eigenvalue weighted by molar-refractivity contribution is 8.02. The third-order valence-electron chi connectivity index (χ3n) is 2.97. The Hall–Kier alpha value is -1.67. The summed E-state index contributed by atoms with van der Waals surface area (Å²) in [6.45, 7) is 9.58. The molecule has 1 aromatic heterocycles. The zero-order valence-electron chi connectivity index (χ0n) is 14.3. The van der Waals surface area contributed by atoms with Gasteiger partial charge in [0.2, 0.25) is 11.0 Å². The number of amides is 1. The van der Waals surface area contributed by atoms with Crippen LogP contribution in [0.1, 0.15) is 33.3 Å². The van der Waals surface area contributed by atoms with Gasteiger partial charge in [-0.25, -0.2) is 4.39 Å². The molecule has 2 N–H and O–H groups in total. The van der Waals surface area contributed by atoms with Gasteiger partial charge in [-0.2, -0.15) is 0 Å². The highest BCUT2D eigenvalue weighted by Gasteiger charge is 2.19. The lowest BCUT2D eigenvalue weighted by molar-refractivity contribution is -0.115. The minimum atomic E-state index is -0.371. The Morgan fingerprint density at radius 3 is 2.67 bits per heavy atom. The third kappa shape index (κ3) is 5.45. The number of benzene rings is 1. The molecule has 1 heterocycles. The Bertz CT molecular complexity index is 727. The van der Waals surface area contributed by atoms with Crippen LogP contribution >= 0.6 is 23.1 Å². The second kappa shape index (κ2) is 7.48. The maximum absolute atomic E-state index is 13.5. The van der Waals surface area contributed by atoms with Crippen molar-refractivity contribution in [3.8, 4) is 0 Å². The first-order valence-corrected chi connectivity index (χ1v) is 9.19. The van der Waals surface area contributed by atoms with E-state index in [0.717, 1.165) is 5.13 Å². The quantitative estimate of drug-likeness (QED) is 0.770. The van der Waals surface area contributed by atoms with E-state index in [0.29, 0.717) is 15.6 Å². The van der Waals surface area contributed by atoms with Crippen molar-refractivity contribution in [3.05, 3.63) is 29.6 Å². The number of carbonyl (C=O) groups excluding carboxylic acids is 1. The van der Waals surface area contributed by atoms with E-state index in [1.54, 1.807) is 26.0 Å². The van der Waals surface area contributed by atoms with Crippen molar-refractivity contribution in [2.75, 3.05) is 10.6 Å². The molecule has 1 amide bonds. The SMILES string of the molecule is Cc1ccc(NC(=O)C(C)Sc2nnc(NC(C)(C)C)s2)cc1F. The molecule has 2 rings (SSSR count). The number of hydrogen-bond acceptors (Lipinski definition) is 6. The Labute approximate surface area is 149 Å². The molecule has 1 aromatic carbocycles. The lowest BCUT2D eigenvalue weighted by Crippen LogP contribution is -2.25. The molecule has 0 saturated carbocycles. The summed E-state index contributed by atoms with van der Waals surface area (Å²) >= 11 is 2.73. The first kappa shape index (κ1) is 18.7. The van der Waals surface area contributed by atoms with E-state index in [2.05, 4.69) is 20.8 Å². The Morgan fingerprint density at radius 2 is 2.04 bits per heavy atom. The van der Waals surface area contributed by atoms with E-state index in [4.69, 9.17) is 0 Å². The first-order chi connectivity index (χ1) is 11.1. The smallest absolute Gasteiger partial charge is 0.237 e. The summed E-state index contributed by atoms with van der Waals surface area (Å²) in [6.07, 6.45) is 0. The van der Waals surface area contributed by atoms with Crippen LogP contribution in [0.4, 0.5) is 15.2 Å². The molecule has 130 valence electrons. The molecule has 0 bridgehead atoms. The van der Waals surface area contributed by atoms with Gasteiger partial charge in [0.05, 0.1) is 5.25 Å². The molecule has 0 aliphatic heterocycles. The van der Waals surface area contributed by atoms with Crippen LogP contribution in [-0.2, 0) is 4.79 Å². The van der Waals surface area contributed by atoms with Crippen LogP contribution in [0.5, 0.6) is 0 Å². The van der Waals surface area contributed by atoms with Gasteiger partial charge in [-0.05, 0) is 52.3 Å². The van der Waals surface area contributed by atoms with Crippen molar-refractivity contribution in [2.45, 2.75) is 49.7 Å². The topological polar surface area (TPSA) is 66.9 Å². The molecular formula is C16H21FN4OS2. The highest BCUT2D eigenvalue weighted by atomic mass is 32.2. The third-order valence-corrected chi connectivity index (χ3v) is 5.00. The molecule has 1 unspecified atom stereocenters. The number of nitrogens with one attached hydrogen (secondary N) is 2. The predicted octanol–water partition coefficient (Wildman–Crippen LogP) is 4.32. The molecule has 2 aromatic rings. The number of rotatable bonds is 5. The van der Waals surface area contributed by atoms with Crippen molar-refractivity contribution in [3.63, 3.8) is 0 Å². The van der Waals surface area contributed by atoms with Gasteiger partial charge in [0.15, 0.2) is 4.34 Å². The predicted molar refractivity (Wildman–Crippen MR) is 98.4 cm³/mol. The van der Waals surface area contributed by atoms with Crippen LogP contribution < -0.4 is 10.6 Å². The minimum absolute atomic E-state index is 0.0972. The van der Waals surface area contributed by atoms with Crippen LogP contribution in [0.2, 0.25) is 0 Å². The molecule has 0 aliphatic rings. The molecule has 0 spiro atoms. The number of halogens is 1. The second-order valence-corrected chi connectivity index (χ2v) is 9.03. The average Bonchev–Trinajstić information content (AvgIpc) is 2.87. The monoisotopic (exact) mass is 368 g/mol. The van der Waals surface area contributed by atoms with Crippen LogP contribution in [0.25, 0.3) is 0 Å². The zero-order valence-corrected chi connectivity index (χ0v) is 15.9. The van der Waals surface area contributed by atoms with Crippen molar-refractivity contribution in [1.29, 1.82) is 0 Å². The van der Waals surface area contributed by atoms with E-state index in [-0.39, 0.29) is 22.5 Å². The van der Waals surface area contributed by atoms with Gasteiger partial charge in [0.25, 0.3) is 0 Å². The summed E-state index contributed by atoms with van der Waals surface area (Å²) in [5.74, 6) is -0.543. The summed E-state index contributed by atoms with van der Waals surface area (Å²) < 4.78 is 14.2. The molecule has 0 radical (unpaired) electrons. The second-order valence-electron chi connectivity index (χ2n) is 6.46.